The number of likely N-dealkylation sites (tertiary alicyclic amines) is 1. The summed E-state index contributed by atoms with van der Waals surface area (Å²) in [6.07, 6.45) is 5.23. The number of rotatable bonds is 2. The van der Waals surface area contributed by atoms with Crippen LogP contribution in [-0.2, 0) is 24.9 Å². The first-order chi connectivity index (χ1) is 10.2. The van der Waals surface area contributed by atoms with Crippen LogP contribution in [0.1, 0.15) is 29.4 Å². The molecule has 4 rings (SSSR count). The van der Waals surface area contributed by atoms with Gasteiger partial charge in [-0.25, -0.2) is 4.68 Å². The number of nitrogens with zero attached hydrogens (tertiary/aromatic N) is 6. The summed E-state index contributed by atoms with van der Waals surface area (Å²) in [5.41, 5.74) is 3.49. The zero-order chi connectivity index (χ0) is 14.4. The molecule has 112 valence electrons. The first-order valence-electron chi connectivity index (χ1n) is 7.43. The van der Waals surface area contributed by atoms with Crippen LogP contribution < -0.4 is 0 Å². The third-order valence-electron chi connectivity index (χ3n) is 4.52. The molecule has 0 amide bonds. The average Bonchev–Trinajstić information content (AvgIpc) is 3.06. The summed E-state index contributed by atoms with van der Waals surface area (Å²) in [4.78, 5) is 2.46. The molecule has 7 nitrogen and oxygen atoms in total. The normalized spacial score (nSPS) is 25.6. The molecule has 7 heteroatoms. The fourth-order valence-corrected chi connectivity index (χ4v) is 3.43. The summed E-state index contributed by atoms with van der Waals surface area (Å²) in [6, 6.07) is 0.280. The van der Waals surface area contributed by atoms with Crippen molar-refractivity contribution < 1.29 is 4.74 Å². The van der Waals surface area contributed by atoms with E-state index in [1.165, 1.54) is 5.56 Å². The van der Waals surface area contributed by atoms with E-state index in [1.54, 1.807) is 6.20 Å². The van der Waals surface area contributed by atoms with Gasteiger partial charge in [-0.1, -0.05) is 5.21 Å². The second kappa shape index (κ2) is 4.92. The van der Waals surface area contributed by atoms with Gasteiger partial charge in [0, 0.05) is 38.4 Å². The Labute approximate surface area is 123 Å². The monoisotopic (exact) mass is 288 g/mol. The molecule has 0 aliphatic carbocycles. The van der Waals surface area contributed by atoms with Crippen molar-refractivity contribution in [1.29, 1.82) is 0 Å². The molecular formula is C14H20N6O. The van der Waals surface area contributed by atoms with Crippen LogP contribution in [0.2, 0.25) is 0 Å². The molecule has 2 aliphatic heterocycles. The van der Waals surface area contributed by atoms with Gasteiger partial charge in [0.25, 0.3) is 0 Å². The third kappa shape index (κ3) is 2.26. The number of fused-ring (bicyclic) bond motifs is 3. The highest BCUT2D eigenvalue weighted by Gasteiger charge is 2.36. The van der Waals surface area contributed by atoms with Crippen molar-refractivity contribution in [2.24, 2.45) is 7.05 Å². The lowest BCUT2D eigenvalue weighted by Gasteiger charge is -2.40. The van der Waals surface area contributed by atoms with Gasteiger partial charge in [0.2, 0.25) is 0 Å². The first kappa shape index (κ1) is 13.0. The quantitative estimate of drug-likeness (QED) is 0.812. The van der Waals surface area contributed by atoms with E-state index >= 15 is 0 Å². The Morgan fingerprint density at radius 3 is 3.14 bits per heavy atom. The van der Waals surface area contributed by atoms with Crippen LogP contribution in [0.3, 0.4) is 0 Å². The van der Waals surface area contributed by atoms with Crippen molar-refractivity contribution in [2.75, 3.05) is 13.1 Å². The molecule has 0 N–H and O–H groups in total. The molecule has 21 heavy (non-hydrogen) atoms. The molecule has 4 heterocycles. The van der Waals surface area contributed by atoms with Crippen LogP contribution >= 0.6 is 0 Å². The third-order valence-corrected chi connectivity index (χ3v) is 4.52. The highest BCUT2D eigenvalue weighted by molar-refractivity contribution is 5.15. The number of aromatic nitrogens is 5. The number of piperidine rings is 1. The lowest BCUT2D eigenvalue weighted by molar-refractivity contribution is -0.0670. The Morgan fingerprint density at radius 1 is 1.43 bits per heavy atom. The summed E-state index contributed by atoms with van der Waals surface area (Å²) in [5.74, 6) is 0. The molecule has 0 aromatic carbocycles. The summed E-state index contributed by atoms with van der Waals surface area (Å²) >= 11 is 0. The molecule has 0 radical (unpaired) electrons. The van der Waals surface area contributed by atoms with E-state index in [9.17, 15) is 0 Å². The van der Waals surface area contributed by atoms with E-state index in [-0.39, 0.29) is 12.1 Å². The van der Waals surface area contributed by atoms with E-state index in [0.717, 1.165) is 37.4 Å². The van der Waals surface area contributed by atoms with Crippen molar-refractivity contribution in [3.05, 3.63) is 29.3 Å². The van der Waals surface area contributed by atoms with Gasteiger partial charge in [0.1, 0.15) is 0 Å². The molecule has 2 aromatic rings. The number of hydrogen-bond donors (Lipinski definition) is 0. The van der Waals surface area contributed by atoms with E-state index in [2.05, 4.69) is 38.1 Å². The van der Waals surface area contributed by atoms with Gasteiger partial charge in [-0.05, 0) is 13.3 Å². The second-order valence-corrected chi connectivity index (χ2v) is 6.02. The van der Waals surface area contributed by atoms with Gasteiger partial charge in [-0.2, -0.15) is 5.10 Å². The minimum atomic E-state index is 0.269. The van der Waals surface area contributed by atoms with Gasteiger partial charge in [0.05, 0.1) is 36.3 Å². The predicted molar refractivity (Wildman–Crippen MR) is 75.5 cm³/mol. The molecule has 1 fully saturated rings. The Morgan fingerprint density at radius 2 is 2.33 bits per heavy atom. The van der Waals surface area contributed by atoms with Crippen molar-refractivity contribution in [3.63, 3.8) is 0 Å². The van der Waals surface area contributed by atoms with Crippen LogP contribution in [0, 0.1) is 6.92 Å². The largest absolute Gasteiger partial charge is 0.370 e. The Hall–Kier alpha value is -1.73. The molecule has 0 saturated carbocycles. The first-order valence-corrected chi connectivity index (χ1v) is 7.43. The summed E-state index contributed by atoms with van der Waals surface area (Å²) in [6.45, 7) is 5.65. The molecule has 0 spiro atoms. The standard InChI is InChI=1S/C14H20N6O/c1-10-11(6-18(2)16-10)7-19-4-3-14-13(8-19)20-12(9-21-14)5-15-17-20/h5-6,13-14H,3-4,7-9H2,1-2H3/t13-,14+/m1/s1. The fourth-order valence-electron chi connectivity index (χ4n) is 3.43. The van der Waals surface area contributed by atoms with Crippen LogP contribution in [-0.4, -0.2) is 48.9 Å². The molecule has 2 aromatic heterocycles. The van der Waals surface area contributed by atoms with Crippen molar-refractivity contribution in [1.82, 2.24) is 29.7 Å². The molecule has 2 aliphatic rings. The highest BCUT2D eigenvalue weighted by atomic mass is 16.5. The van der Waals surface area contributed by atoms with Gasteiger partial charge < -0.3 is 4.74 Å². The van der Waals surface area contributed by atoms with Crippen LogP contribution in [0.15, 0.2) is 12.4 Å². The van der Waals surface area contributed by atoms with Gasteiger partial charge in [-0.15, -0.1) is 5.10 Å². The minimum Gasteiger partial charge on any atom is -0.370 e. The maximum Gasteiger partial charge on any atom is 0.0930 e. The molecule has 0 bridgehead atoms. The molecule has 2 atom stereocenters. The van der Waals surface area contributed by atoms with Crippen molar-refractivity contribution in [2.45, 2.75) is 38.6 Å². The van der Waals surface area contributed by atoms with Gasteiger partial charge in [0.15, 0.2) is 0 Å². The van der Waals surface area contributed by atoms with E-state index in [0.29, 0.717) is 6.61 Å². The average molecular weight is 288 g/mol. The highest BCUT2D eigenvalue weighted by Crippen LogP contribution is 2.30. The summed E-state index contributed by atoms with van der Waals surface area (Å²) in [7, 11) is 1.97. The minimum absolute atomic E-state index is 0.269. The van der Waals surface area contributed by atoms with Gasteiger partial charge in [-0.3, -0.25) is 9.58 Å². The maximum absolute atomic E-state index is 5.95. The van der Waals surface area contributed by atoms with E-state index < -0.39 is 0 Å². The molecule has 1 saturated heterocycles. The number of aryl methyl sites for hydroxylation is 2. The van der Waals surface area contributed by atoms with Crippen molar-refractivity contribution in [3.8, 4) is 0 Å². The number of ether oxygens (including phenoxy) is 1. The Balaban J connectivity index is 1.52. The number of hydrogen-bond acceptors (Lipinski definition) is 5. The zero-order valence-electron chi connectivity index (χ0n) is 12.4. The fraction of sp³-hybridized carbons (Fsp3) is 0.643. The summed E-state index contributed by atoms with van der Waals surface area (Å²) < 4.78 is 9.89. The van der Waals surface area contributed by atoms with Crippen LogP contribution in [0.4, 0.5) is 0 Å². The van der Waals surface area contributed by atoms with E-state index in [1.807, 2.05) is 11.7 Å². The lowest BCUT2D eigenvalue weighted by atomic mass is 10.00. The smallest absolute Gasteiger partial charge is 0.0930 e. The Kier molecular flexibility index (Phi) is 3.04. The predicted octanol–water partition coefficient (Wildman–Crippen LogP) is 0.666. The molecular weight excluding hydrogens is 268 g/mol. The second-order valence-electron chi connectivity index (χ2n) is 6.02. The van der Waals surface area contributed by atoms with Crippen LogP contribution in [0.25, 0.3) is 0 Å². The SMILES string of the molecule is Cc1nn(C)cc1CN1CC[C@@H]2OCc3cnnn3[C@@H]2C1. The topological polar surface area (TPSA) is 61.0 Å². The van der Waals surface area contributed by atoms with Gasteiger partial charge >= 0.3 is 0 Å². The maximum atomic E-state index is 5.95. The van der Waals surface area contributed by atoms with Crippen molar-refractivity contribution >= 4 is 0 Å². The molecule has 0 unspecified atom stereocenters. The zero-order valence-corrected chi connectivity index (χ0v) is 12.4. The van der Waals surface area contributed by atoms with E-state index in [4.69, 9.17) is 4.74 Å². The summed E-state index contributed by atoms with van der Waals surface area (Å²) in [5, 5.41) is 12.7. The lowest BCUT2D eigenvalue weighted by Crippen LogP contribution is -2.47. The van der Waals surface area contributed by atoms with Crippen LogP contribution in [0.5, 0.6) is 0 Å². The Bertz CT molecular complexity index is 648.